The Kier molecular flexibility index (Phi) is 4.79. The molecule has 0 spiro atoms. The maximum absolute atomic E-state index is 12.5. The molecule has 21 heavy (non-hydrogen) atoms. The van der Waals surface area contributed by atoms with Crippen LogP contribution in [0, 0.1) is 0 Å². The third-order valence-electron chi connectivity index (χ3n) is 2.35. The Labute approximate surface area is 122 Å². The minimum atomic E-state index is -4.45. The number of rotatable bonds is 5. The number of alkyl halides is 3. The highest BCUT2D eigenvalue weighted by Gasteiger charge is 2.30. The number of carbonyl (C=O) groups is 1. The van der Waals surface area contributed by atoms with Crippen LogP contribution in [0.2, 0.25) is 0 Å². The van der Waals surface area contributed by atoms with Crippen LogP contribution in [0.1, 0.15) is 15.2 Å². The Morgan fingerprint density at radius 1 is 1.29 bits per heavy atom. The summed E-state index contributed by atoms with van der Waals surface area (Å²) >= 11 is 1.24. The smallest absolute Gasteiger partial charge is 0.416 e. The SMILES string of the molecule is O=C(OCCOc1cc(C(F)(F)F)ccn1)c1cccs1. The van der Waals surface area contributed by atoms with Crippen LogP contribution in [0.3, 0.4) is 0 Å². The second-order valence-electron chi connectivity index (χ2n) is 3.84. The van der Waals surface area contributed by atoms with E-state index in [1.165, 1.54) is 11.3 Å². The third kappa shape index (κ3) is 4.45. The van der Waals surface area contributed by atoms with Gasteiger partial charge in [-0.25, -0.2) is 9.78 Å². The molecule has 2 heterocycles. The summed E-state index contributed by atoms with van der Waals surface area (Å²) in [6.45, 7) is -0.153. The van der Waals surface area contributed by atoms with Crippen LogP contribution in [0.15, 0.2) is 35.8 Å². The normalized spacial score (nSPS) is 11.2. The predicted molar refractivity (Wildman–Crippen MR) is 69.3 cm³/mol. The second kappa shape index (κ2) is 6.57. The first-order chi connectivity index (χ1) is 9.97. The lowest BCUT2D eigenvalue weighted by molar-refractivity contribution is -0.137. The van der Waals surface area contributed by atoms with Gasteiger partial charge in [-0.1, -0.05) is 6.07 Å². The molecule has 0 amide bonds. The highest BCUT2D eigenvalue weighted by Crippen LogP contribution is 2.30. The molecular formula is C13H10F3NO3S. The molecule has 0 atom stereocenters. The van der Waals surface area contributed by atoms with Crippen molar-refractivity contribution in [3.05, 3.63) is 46.3 Å². The number of pyridine rings is 1. The van der Waals surface area contributed by atoms with Gasteiger partial charge in [0.1, 0.15) is 18.1 Å². The van der Waals surface area contributed by atoms with Gasteiger partial charge < -0.3 is 9.47 Å². The highest BCUT2D eigenvalue weighted by atomic mass is 32.1. The van der Waals surface area contributed by atoms with Crippen molar-refractivity contribution in [1.82, 2.24) is 4.98 Å². The van der Waals surface area contributed by atoms with Gasteiger partial charge in [-0.05, 0) is 17.5 Å². The number of hydrogen-bond donors (Lipinski definition) is 0. The zero-order valence-corrected chi connectivity index (χ0v) is 11.4. The van der Waals surface area contributed by atoms with Crippen molar-refractivity contribution in [3.63, 3.8) is 0 Å². The summed E-state index contributed by atoms with van der Waals surface area (Å²) in [5.74, 6) is -0.664. The molecule has 0 saturated heterocycles. The summed E-state index contributed by atoms with van der Waals surface area (Å²) in [5.41, 5.74) is -0.844. The molecule has 0 N–H and O–H groups in total. The van der Waals surface area contributed by atoms with E-state index < -0.39 is 17.7 Å². The average Bonchev–Trinajstić information content (AvgIpc) is 2.97. The van der Waals surface area contributed by atoms with Crippen molar-refractivity contribution < 1.29 is 27.4 Å². The van der Waals surface area contributed by atoms with Gasteiger partial charge in [0, 0.05) is 12.3 Å². The molecule has 2 aromatic rings. The van der Waals surface area contributed by atoms with Gasteiger partial charge in [-0.3, -0.25) is 0 Å². The average molecular weight is 317 g/mol. The minimum Gasteiger partial charge on any atom is -0.474 e. The van der Waals surface area contributed by atoms with E-state index in [2.05, 4.69) is 4.98 Å². The van der Waals surface area contributed by atoms with Crippen LogP contribution in [0.25, 0.3) is 0 Å². The predicted octanol–water partition coefficient (Wildman–Crippen LogP) is 3.40. The number of thiophene rings is 1. The van der Waals surface area contributed by atoms with Gasteiger partial charge in [0.05, 0.1) is 5.56 Å². The Hall–Kier alpha value is -2.09. The molecule has 0 aliphatic rings. The van der Waals surface area contributed by atoms with Crippen LogP contribution in [-0.2, 0) is 10.9 Å². The van der Waals surface area contributed by atoms with Crippen LogP contribution in [0.4, 0.5) is 13.2 Å². The van der Waals surface area contributed by atoms with Gasteiger partial charge in [-0.15, -0.1) is 11.3 Å². The van der Waals surface area contributed by atoms with Crippen molar-refractivity contribution >= 4 is 17.3 Å². The number of nitrogens with zero attached hydrogens (tertiary/aromatic N) is 1. The summed E-state index contributed by atoms with van der Waals surface area (Å²) < 4.78 is 47.3. The number of carbonyl (C=O) groups excluding carboxylic acids is 1. The molecule has 0 aliphatic heterocycles. The lowest BCUT2D eigenvalue weighted by atomic mass is 10.2. The molecule has 8 heteroatoms. The Balaban J connectivity index is 1.80. The second-order valence-corrected chi connectivity index (χ2v) is 4.79. The van der Waals surface area contributed by atoms with Crippen molar-refractivity contribution in [2.24, 2.45) is 0 Å². The van der Waals surface area contributed by atoms with Crippen LogP contribution in [0.5, 0.6) is 5.88 Å². The van der Waals surface area contributed by atoms with Crippen LogP contribution >= 0.6 is 11.3 Å². The lowest BCUT2D eigenvalue weighted by Crippen LogP contribution is -2.12. The summed E-state index contributed by atoms with van der Waals surface area (Å²) in [6.07, 6.45) is -3.44. The van der Waals surface area contributed by atoms with Crippen molar-refractivity contribution in [3.8, 4) is 5.88 Å². The molecule has 2 rings (SSSR count). The standard InChI is InChI=1S/C13H10F3NO3S/c14-13(15,16)9-3-4-17-11(8-9)19-5-6-20-12(18)10-2-1-7-21-10/h1-4,7-8H,5-6H2. The molecular weight excluding hydrogens is 307 g/mol. The van der Waals surface area contributed by atoms with E-state index in [-0.39, 0.29) is 19.1 Å². The summed E-state index contributed by atoms with van der Waals surface area (Å²) in [4.78, 5) is 15.6. The Morgan fingerprint density at radius 2 is 2.10 bits per heavy atom. The molecule has 2 aromatic heterocycles. The zero-order chi connectivity index (χ0) is 15.3. The fourth-order valence-electron chi connectivity index (χ4n) is 1.41. The van der Waals surface area contributed by atoms with Gasteiger partial charge in [0.15, 0.2) is 0 Å². The Bertz CT molecular complexity index is 599. The number of halogens is 3. The van der Waals surface area contributed by atoms with Crippen molar-refractivity contribution in [2.75, 3.05) is 13.2 Å². The lowest BCUT2D eigenvalue weighted by Gasteiger charge is -2.09. The van der Waals surface area contributed by atoms with E-state index in [4.69, 9.17) is 9.47 Å². The number of hydrogen-bond acceptors (Lipinski definition) is 5. The van der Waals surface area contributed by atoms with E-state index in [9.17, 15) is 18.0 Å². The fourth-order valence-corrected chi connectivity index (χ4v) is 2.03. The number of aromatic nitrogens is 1. The van der Waals surface area contributed by atoms with E-state index in [0.29, 0.717) is 4.88 Å². The summed E-state index contributed by atoms with van der Waals surface area (Å²) in [5, 5.41) is 1.74. The van der Waals surface area contributed by atoms with E-state index in [0.717, 1.165) is 18.3 Å². The highest BCUT2D eigenvalue weighted by molar-refractivity contribution is 7.11. The van der Waals surface area contributed by atoms with Gasteiger partial charge in [0.2, 0.25) is 5.88 Å². The van der Waals surface area contributed by atoms with Crippen molar-refractivity contribution in [1.29, 1.82) is 0 Å². The number of esters is 1. The Morgan fingerprint density at radius 3 is 2.76 bits per heavy atom. The van der Waals surface area contributed by atoms with Gasteiger partial charge in [0.25, 0.3) is 0 Å². The monoisotopic (exact) mass is 317 g/mol. The molecule has 0 aromatic carbocycles. The minimum absolute atomic E-state index is 0.0747. The molecule has 0 aliphatic carbocycles. The van der Waals surface area contributed by atoms with E-state index >= 15 is 0 Å². The maximum Gasteiger partial charge on any atom is 0.416 e. The molecule has 0 saturated carbocycles. The fraction of sp³-hybridized carbons (Fsp3) is 0.231. The van der Waals surface area contributed by atoms with E-state index in [1.54, 1.807) is 17.5 Å². The topological polar surface area (TPSA) is 48.4 Å². The molecule has 0 unspecified atom stereocenters. The maximum atomic E-state index is 12.5. The first kappa shape index (κ1) is 15.3. The summed E-state index contributed by atoms with van der Waals surface area (Å²) in [7, 11) is 0. The molecule has 0 bridgehead atoms. The molecule has 112 valence electrons. The largest absolute Gasteiger partial charge is 0.474 e. The van der Waals surface area contributed by atoms with E-state index in [1.807, 2.05) is 0 Å². The first-order valence-electron chi connectivity index (χ1n) is 5.83. The van der Waals surface area contributed by atoms with Gasteiger partial charge in [-0.2, -0.15) is 13.2 Å². The van der Waals surface area contributed by atoms with Crippen LogP contribution in [-0.4, -0.2) is 24.2 Å². The molecule has 0 radical (unpaired) electrons. The third-order valence-corrected chi connectivity index (χ3v) is 3.20. The first-order valence-corrected chi connectivity index (χ1v) is 6.71. The number of ether oxygens (including phenoxy) is 2. The van der Waals surface area contributed by atoms with Crippen LogP contribution < -0.4 is 4.74 Å². The quantitative estimate of drug-likeness (QED) is 0.626. The van der Waals surface area contributed by atoms with Gasteiger partial charge >= 0.3 is 12.1 Å². The summed E-state index contributed by atoms with van der Waals surface area (Å²) in [6, 6.07) is 4.97. The van der Waals surface area contributed by atoms with Crippen molar-refractivity contribution in [2.45, 2.75) is 6.18 Å². The zero-order valence-electron chi connectivity index (χ0n) is 10.6. The molecule has 4 nitrogen and oxygen atoms in total. The molecule has 0 fully saturated rings.